The quantitative estimate of drug-likeness (QED) is 0.571. The number of benzene rings is 2. The highest BCUT2D eigenvalue weighted by molar-refractivity contribution is 5.53. The zero-order chi connectivity index (χ0) is 21.8. The largest absolute Gasteiger partial charge is 0.493 e. The monoisotopic (exact) mass is 422 g/mol. The summed E-state index contributed by atoms with van der Waals surface area (Å²) in [6, 6.07) is 14.3. The third-order valence-corrected chi connectivity index (χ3v) is 5.87. The molecular formula is C24H30N4O3. The van der Waals surface area contributed by atoms with E-state index in [1.165, 1.54) is 11.1 Å². The van der Waals surface area contributed by atoms with Crippen molar-refractivity contribution in [2.75, 3.05) is 40.4 Å². The van der Waals surface area contributed by atoms with Gasteiger partial charge in [0, 0.05) is 38.3 Å². The van der Waals surface area contributed by atoms with E-state index in [1.807, 2.05) is 18.2 Å². The highest BCUT2D eigenvalue weighted by atomic mass is 16.5. The number of nitrogens with zero attached hydrogens (tertiary/aromatic N) is 4. The molecule has 7 heteroatoms. The van der Waals surface area contributed by atoms with Crippen LogP contribution in [0.3, 0.4) is 0 Å². The molecule has 164 valence electrons. The number of methoxy groups -OCH3 is 2. The Hall–Kier alpha value is -2.90. The first-order valence-electron chi connectivity index (χ1n) is 10.6. The fraction of sp³-hybridized carbons (Fsp3) is 0.417. The molecule has 0 saturated carbocycles. The molecule has 1 aliphatic heterocycles. The Morgan fingerprint density at radius 1 is 0.968 bits per heavy atom. The van der Waals surface area contributed by atoms with Gasteiger partial charge in [-0.3, -0.25) is 9.80 Å². The van der Waals surface area contributed by atoms with E-state index in [1.54, 1.807) is 14.2 Å². The first-order valence-corrected chi connectivity index (χ1v) is 10.6. The van der Waals surface area contributed by atoms with Crippen LogP contribution < -0.4 is 9.47 Å². The second kappa shape index (κ2) is 9.49. The van der Waals surface area contributed by atoms with Crippen molar-refractivity contribution in [1.82, 2.24) is 20.0 Å². The van der Waals surface area contributed by atoms with Gasteiger partial charge in [-0.05, 0) is 43.7 Å². The lowest BCUT2D eigenvalue weighted by molar-refractivity contribution is 0.0875. The van der Waals surface area contributed by atoms with Gasteiger partial charge in [-0.1, -0.05) is 23.8 Å². The van der Waals surface area contributed by atoms with Crippen molar-refractivity contribution in [3.63, 3.8) is 0 Å². The van der Waals surface area contributed by atoms with Gasteiger partial charge in [-0.15, -0.1) is 10.2 Å². The molecule has 4 rings (SSSR count). The Bertz CT molecular complexity index is 1010. The van der Waals surface area contributed by atoms with Crippen molar-refractivity contribution in [3.8, 4) is 23.0 Å². The van der Waals surface area contributed by atoms with E-state index >= 15 is 0 Å². The summed E-state index contributed by atoms with van der Waals surface area (Å²) in [4.78, 5) is 4.86. The van der Waals surface area contributed by atoms with E-state index in [-0.39, 0.29) is 6.04 Å². The third kappa shape index (κ3) is 4.89. The molecule has 1 atom stereocenters. The second-order valence-electron chi connectivity index (χ2n) is 7.99. The molecule has 7 nitrogen and oxygen atoms in total. The number of rotatable bonds is 7. The standard InChI is InChI=1S/C24H30N4O3/c1-17-6-5-7-20(14-17)24-26-25-23(31-24)18(2)28-12-10-27(11-13-28)16-19-8-9-21(29-3)22(15-19)30-4/h5-9,14-15,18H,10-13,16H2,1-4H3/t18-/m0/s1. The first kappa shape index (κ1) is 21.3. The smallest absolute Gasteiger partial charge is 0.247 e. The van der Waals surface area contributed by atoms with Crippen LogP contribution in [0, 0.1) is 6.92 Å². The van der Waals surface area contributed by atoms with Gasteiger partial charge in [0.15, 0.2) is 11.5 Å². The predicted octanol–water partition coefficient (Wildman–Crippen LogP) is 3.94. The Morgan fingerprint density at radius 2 is 1.74 bits per heavy atom. The number of aryl methyl sites for hydroxylation is 1. The van der Waals surface area contributed by atoms with E-state index in [0.717, 1.165) is 49.8 Å². The molecule has 1 aliphatic rings. The molecule has 2 aromatic carbocycles. The van der Waals surface area contributed by atoms with Gasteiger partial charge in [-0.2, -0.15) is 0 Å². The number of piperazine rings is 1. The fourth-order valence-electron chi connectivity index (χ4n) is 4.00. The minimum Gasteiger partial charge on any atom is -0.493 e. The third-order valence-electron chi connectivity index (χ3n) is 5.87. The number of hydrogen-bond donors (Lipinski definition) is 0. The zero-order valence-corrected chi connectivity index (χ0v) is 18.7. The van der Waals surface area contributed by atoms with E-state index in [9.17, 15) is 0 Å². The molecule has 31 heavy (non-hydrogen) atoms. The fourth-order valence-corrected chi connectivity index (χ4v) is 4.00. The van der Waals surface area contributed by atoms with Crippen molar-refractivity contribution in [2.24, 2.45) is 0 Å². The molecule has 0 N–H and O–H groups in total. The van der Waals surface area contributed by atoms with Crippen LogP contribution in [0.5, 0.6) is 11.5 Å². The van der Waals surface area contributed by atoms with Crippen molar-refractivity contribution in [1.29, 1.82) is 0 Å². The SMILES string of the molecule is COc1ccc(CN2CCN([C@@H](C)c3nnc(-c4cccc(C)c4)o3)CC2)cc1OC. The summed E-state index contributed by atoms with van der Waals surface area (Å²) in [5.74, 6) is 2.78. The van der Waals surface area contributed by atoms with Crippen molar-refractivity contribution >= 4 is 0 Å². The summed E-state index contributed by atoms with van der Waals surface area (Å²) in [6.45, 7) is 8.96. The summed E-state index contributed by atoms with van der Waals surface area (Å²) in [5, 5.41) is 8.59. The van der Waals surface area contributed by atoms with Crippen molar-refractivity contribution in [3.05, 3.63) is 59.5 Å². The number of hydrogen-bond acceptors (Lipinski definition) is 7. The number of ether oxygens (including phenoxy) is 2. The Kier molecular flexibility index (Phi) is 6.53. The Labute approximate surface area is 183 Å². The lowest BCUT2D eigenvalue weighted by atomic mass is 10.1. The van der Waals surface area contributed by atoms with Gasteiger partial charge < -0.3 is 13.9 Å². The van der Waals surface area contributed by atoms with E-state index < -0.39 is 0 Å². The maximum Gasteiger partial charge on any atom is 0.247 e. The lowest BCUT2D eigenvalue weighted by Gasteiger charge is -2.36. The maximum absolute atomic E-state index is 6.01. The second-order valence-corrected chi connectivity index (χ2v) is 7.99. The van der Waals surface area contributed by atoms with Crippen LogP contribution in [0.4, 0.5) is 0 Å². The van der Waals surface area contributed by atoms with Crippen LogP contribution in [-0.4, -0.2) is 60.4 Å². The first-order chi connectivity index (χ1) is 15.1. The average Bonchev–Trinajstić information content (AvgIpc) is 3.29. The minimum atomic E-state index is 0.0919. The maximum atomic E-state index is 6.01. The van der Waals surface area contributed by atoms with Crippen LogP contribution in [0.2, 0.25) is 0 Å². The minimum absolute atomic E-state index is 0.0919. The van der Waals surface area contributed by atoms with Crippen LogP contribution in [0.15, 0.2) is 46.9 Å². The summed E-state index contributed by atoms with van der Waals surface area (Å²) in [7, 11) is 3.33. The molecule has 1 saturated heterocycles. The molecule has 0 aliphatic carbocycles. The summed E-state index contributed by atoms with van der Waals surface area (Å²) >= 11 is 0. The van der Waals surface area contributed by atoms with Gasteiger partial charge in [0.05, 0.1) is 20.3 Å². The summed E-state index contributed by atoms with van der Waals surface area (Å²) in [5.41, 5.74) is 3.36. The molecule has 0 radical (unpaired) electrons. The molecular weight excluding hydrogens is 392 g/mol. The number of aromatic nitrogens is 2. The van der Waals surface area contributed by atoms with Gasteiger partial charge in [-0.25, -0.2) is 0 Å². The topological polar surface area (TPSA) is 63.9 Å². The molecule has 0 spiro atoms. The molecule has 1 fully saturated rings. The van der Waals surface area contributed by atoms with Crippen LogP contribution in [0.25, 0.3) is 11.5 Å². The lowest BCUT2D eigenvalue weighted by Crippen LogP contribution is -2.46. The average molecular weight is 423 g/mol. The molecule has 3 aromatic rings. The van der Waals surface area contributed by atoms with Crippen molar-refractivity contribution in [2.45, 2.75) is 26.4 Å². The van der Waals surface area contributed by atoms with Gasteiger partial charge in [0.25, 0.3) is 0 Å². The molecule has 1 aromatic heterocycles. The predicted molar refractivity (Wildman–Crippen MR) is 119 cm³/mol. The van der Waals surface area contributed by atoms with Crippen LogP contribution >= 0.6 is 0 Å². The Balaban J connectivity index is 1.35. The summed E-state index contributed by atoms with van der Waals surface area (Å²) in [6.07, 6.45) is 0. The molecule has 2 heterocycles. The van der Waals surface area contributed by atoms with Crippen LogP contribution in [0.1, 0.15) is 30.0 Å². The van der Waals surface area contributed by atoms with Crippen LogP contribution in [-0.2, 0) is 6.54 Å². The zero-order valence-electron chi connectivity index (χ0n) is 18.7. The van der Waals surface area contributed by atoms with Crippen molar-refractivity contribution < 1.29 is 13.9 Å². The molecule has 0 unspecified atom stereocenters. The van der Waals surface area contributed by atoms with Gasteiger partial charge in [0.2, 0.25) is 11.8 Å². The van der Waals surface area contributed by atoms with E-state index in [4.69, 9.17) is 13.9 Å². The summed E-state index contributed by atoms with van der Waals surface area (Å²) < 4.78 is 16.8. The normalized spacial score (nSPS) is 16.3. The highest BCUT2D eigenvalue weighted by Gasteiger charge is 2.26. The van der Waals surface area contributed by atoms with E-state index in [0.29, 0.717) is 11.8 Å². The molecule has 0 bridgehead atoms. The van der Waals surface area contributed by atoms with Gasteiger partial charge >= 0.3 is 0 Å². The molecule has 0 amide bonds. The Morgan fingerprint density at radius 3 is 2.45 bits per heavy atom. The van der Waals surface area contributed by atoms with E-state index in [2.05, 4.69) is 58.1 Å². The highest BCUT2D eigenvalue weighted by Crippen LogP contribution is 2.29. The van der Waals surface area contributed by atoms with Gasteiger partial charge in [0.1, 0.15) is 0 Å².